The number of rotatable bonds is 5. The van der Waals surface area contributed by atoms with Gasteiger partial charge in [-0.15, -0.1) is 0 Å². The summed E-state index contributed by atoms with van der Waals surface area (Å²) in [7, 11) is 0. The van der Waals surface area contributed by atoms with Gasteiger partial charge in [-0.25, -0.2) is 0 Å². The summed E-state index contributed by atoms with van der Waals surface area (Å²) in [6, 6.07) is 11.6. The van der Waals surface area contributed by atoms with Crippen molar-refractivity contribution < 1.29 is 9.59 Å². The number of carbonyl (C=O) groups excluding carboxylic acids is 2. The molecule has 0 aliphatic carbocycles. The normalized spacial score (nSPS) is 16.8. The Morgan fingerprint density at radius 3 is 2.38 bits per heavy atom. The number of hydrogen-bond acceptors (Lipinski definition) is 3. The van der Waals surface area contributed by atoms with E-state index in [1.165, 1.54) is 4.90 Å². The Labute approximate surface area is 124 Å². The van der Waals surface area contributed by atoms with Crippen LogP contribution in [0.5, 0.6) is 0 Å². The van der Waals surface area contributed by atoms with Crippen LogP contribution in [0, 0.1) is 11.3 Å². The van der Waals surface area contributed by atoms with E-state index in [4.69, 9.17) is 0 Å². The van der Waals surface area contributed by atoms with Gasteiger partial charge in [0.2, 0.25) is 0 Å². The Balaban J connectivity index is 2.05. The molecular weight excluding hydrogens is 266 g/mol. The topological polar surface area (TPSA) is 64.4 Å². The monoisotopic (exact) mass is 285 g/mol. The molecule has 110 valence electrons. The molecule has 1 aliphatic heterocycles. The van der Waals surface area contributed by atoms with Gasteiger partial charge in [0.15, 0.2) is 0 Å². The molecule has 0 spiro atoms. The maximum atomic E-state index is 12.1. The standard InChI is InChI=1S/C16H19N3O2/c1-2-8-18-9-10-19(16(21)15(18)20)12-14(11-17)13-6-4-3-5-7-13/h3-7,14H,2,8-10,12H2,1H3. The summed E-state index contributed by atoms with van der Waals surface area (Å²) < 4.78 is 0. The van der Waals surface area contributed by atoms with Crippen molar-refractivity contribution in [3.63, 3.8) is 0 Å². The van der Waals surface area contributed by atoms with Crippen LogP contribution < -0.4 is 0 Å². The average Bonchev–Trinajstić information content (AvgIpc) is 2.52. The number of nitriles is 1. The third-order valence-electron chi connectivity index (χ3n) is 3.65. The molecule has 0 N–H and O–H groups in total. The average molecular weight is 285 g/mol. The van der Waals surface area contributed by atoms with Gasteiger partial charge in [-0.3, -0.25) is 9.59 Å². The quantitative estimate of drug-likeness (QED) is 0.768. The molecule has 0 radical (unpaired) electrons. The second kappa shape index (κ2) is 6.89. The van der Waals surface area contributed by atoms with Crippen molar-refractivity contribution in [2.45, 2.75) is 19.3 Å². The molecule has 5 nitrogen and oxygen atoms in total. The minimum Gasteiger partial charge on any atom is -0.333 e. The molecule has 0 saturated carbocycles. The highest BCUT2D eigenvalue weighted by Gasteiger charge is 2.33. The van der Waals surface area contributed by atoms with Gasteiger partial charge in [-0.2, -0.15) is 5.26 Å². The van der Waals surface area contributed by atoms with Crippen LogP contribution in [0.1, 0.15) is 24.8 Å². The van der Waals surface area contributed by atoms with Crippen LogP contribution >= 0.6 is 0 Å². The molecule has 1 fully saturated rings. The molecule has 0 bridgehead atoms. The second-order valence-electron chi connectivity index (χ2n) is 5.14. The fourth-order valence-electron chi connectivity index (χ4n) is 2.50. The van der Waals surface area contributed by atoms with E-state index in [-0.39, 0.29) is 6.54 Å². The molecule has 1 heterocycles. The van der Waals surface area contributed by atoms with Crippen molar-refractivity contribution in [3.8, 4) is 6.07 Å². The maximum absolute atomic E-state index is 12.1. The summed E-state index contributed by atoms with van der Waals surface area (Å²) in [5.41, 5.74) is 0.872. The highest BCUT2D eigenvalue weighted by molar-refractivity contribution is 6.35. The smallest absolute Gasteiger partial charge is 0.312 e. The minimum absolute atomic E-state index is 0.269. The molecule has 21 heavy (non-hydrogen) atoms. The molecule has 1 unspecified atom stereocenters. The van der Waals surface area contributed by atoms with E-state index >= 15 is 0 Å². The van der Waals surface area contributed by atoms with Crippen molar-refractivity contribution in [1.29, 1.82) is 5.26 Å². The predicted molar refractivity (Wildman–Crippen MR) is 78.2 cm³/mol. The molecule has 1 aromatic rings. The van der Waals surface area contributed by atoms with E-state index in [9.17, 15) is 14.9 Å². The Morgan fingerprint density at radius 2 is 1.76 bits per heavy atom. The largest absolute Gasteiger partial charge is 0.333 e. The van der Waals surface area contributed by atoms with Crippen molar-refractivity contribution in [3.05, 3.63) is 35.9 Å². The van der Waals surface area contributed by atoms with Gasteiger partial charge in [0.1, 0.15) is 0 Å². The van der Waals surface area contributed by atoms with Crippen LogP contribution in [0.4, 0.5) is 0 Å². The Kier molecular flexibility index (Phi) is 4.94. The lowest BCUT2D eigenvalue weighted by Gasteiger charge is -2.34. The van der Waals surface area contributed by atoms with E-state index in [0.717, 1.165) is 12.0 Å². The van der Waals surface area contributed by atoms with Crippen LogP contribution in [-0.4, -0.2) is 47.8 Å². The van der Waals surface area contributed by atoms with Crippen LogP contribution in [0.3, 0.4) is 0 Å². The lowest BCUT2D eigenvalue weighted by Crippen LogP contribution is -2.55. The molecule has 1 aliphatic rings. The molecule has 0 aromatic heterocycles. The fraction of sp³-hybridized carbons (Fsp3) is 0.438. The second-order valence-corrected chi connectivity index (χ2v) is 5.14. The van der Waals surface area contributed by atoms with E-state index in [1.54, 1.807) is 4.90 Å². The molecular formula is C16H19N3O2. The maximum Gasteiger partial charge on any atom is 0.312 e. The van der Waals surface area contributed by atoms with E-state index < -0.39 is 17.7 Å². The lowest BCUT2D eigenvalue weighted by atomic mass is 10.00. The van der Waals surface area contributed by atoms with Gasteiger partial charge in [-0.1, -0.05) is 37.3 Å². The zero-order valence-corrected chi connectivity index (χ0v) is 12.2. The Hall–Kier alpha value is -2.35. The van der Waals surface area contributed by atoms with Crippen LogP contribution in [0.2, 0.25) is 0 Å². The Bertz CT molecular complexity index is 550. The fourth-order valence-corrected chi connectivity index (χ4v) is 2.50. The third kappa shape index (κ3) is 3.40. The number of piperazine rings is 1. The number of nitrogens with zero attached hydrogens (tertiary/aromatic N) is 3. The van der Waals surface area contributed by atoms with Gasteiger partial charge in [0.05, 0.1) is 12.0 Å². The minimum atomic E-state index is -0.495. The summed E-state index contributed by atoms with van der Waals surface area (Å²) in [6.07, 6.45) is 0.837. The summed E-state index contributed by atoms with van der Waals surface area (Å²) in [5, 5.41) is 9.32. The zero-order chi connectivity index (χ0) is 15.2. The molecule has 5 heteroatoms. The summed E-state index contributed by atoms with van der Waals surface area (Å²) >= 11 is 0. The van der Waals surface area contributed by atoms with Crippen molar-refractivity contribution in [2.24, 2.45) is 0 Å². The first kappa shape index (κ1) is 15.0. The number of carbonyl (C=O) groups is 2. The predicted octanol–water partition coefficient (Wildman–Crippen LogP) is 1.37. The molecule has 1 aromatic carbocycles. The number of benzene rings is 1. The molecule has 1 saturated heterocycles. The SMILES string of the molecule is CCCN1CCN(CC(C#N)c2ccccc2)C(=O)C1=O. The van der Waals surface area contributed by atoms with Gasteiger partial charge in [-0.05, 0) is 12.0 Å². The first-order valence-electron chi connectivity index (χ1n) is 7.20. The van der Waals surface area contributed by atoms with Crippen LogP contribution in [-0.2, 0) is 9.59 Å². The van der Waals surface area contributed by atoms with E-state index in [2.05, 4.69) is 6.07 Å². The van der Waals surface area contributed by atoms with Gasteiger partial charge in [0, 0.05) is 26.2 Å². The van der Waals surface area contributed by atoms with Crippen molar-refractivity contribution >= 4 is 11.8 Å². The molecule has 2 amide bonds. The number of amides is 2. The lowest BCUT2D eigenvalue weighted by molar-refractivity contribution is -0.156. The first-order chi connectivity index (χ1) is 10.2. The zero-order valence-electron chi connectivity index (χ0n) is 12.2. The third-order valence-corrected chi connectivity index (χ3v) is 3.65. The van der Waals surface area contributed by atoms with Crippen LogP contribution in [0.15, 0.2) is 30.3 Å². The first-order valence-corrected chi connectivity index (χ1v) is 7.20. The Morgan fingerprint density at radius 1 is 1.14 bits per heavy atom. The van der Waals surface area contributed by atoms with Gasteiger partial charge >= 0.3 is 11.8 Å². The molecule has 2 rings (SSSR count). The summed E-state index contributed by atoms with van der Waals surface area (Å²) in [4.78, 5) is 27.2. The van der Waals surface area contributed by atoms with Crippen LogP contribution in [0.25, 0.3) is 0 Å². The van der Waals surface area contributed by atoms with Crippen molar-refractivity contribution in [2.75, 3.05) is 26.2 Å². The van der Waals surface area contributed by atoms with E-state index in [1.807, 2.05) is 37.3 Å². The summed E-state index contributed by atoms with van der Waals surface area (Å²) in [5.74, 6) is -1.35. The van der Waals surface area contributed by atoms with Gasteiger partial charge < -0.3 is 9.80 Å². The van der Waals surface area contributed by atoms with Crippen molar-refractivity contribution in [1.82, 2.24) is 9.80 Å². The number of hydrogen-bond donors (Lipinski definition) is 0. The highest BCUT2D eigenvalue weighted by atomic mass is 16.2. The summed E-state index contributed by atoms with van der Waals surface area (Å²) in [6.45, 7) is 3.90. The highest BCUT2D eigenvalue weighted by Crippen LogP contribution is 2.18. The van der Waals surface area contributed by atoms with Gasteiger partial charge in [0.25, 0.3) is 0 Å². The molecule has 1 atom stereocenters. The van der Waals surface area contributed by atoms with E-state index in [0.29, 0.717) is 19.6 Å².